The van der Waals surface area contributed by atoms with Gasteiger partial charge in [0.05, 0.1) is 44.9 Å². The van der Waals surface area contributed by atoms with Crippen molar-refractivity contribution in [1.29, 1.82) is 0 Å². The fraction of sp³-hybridized carbons (Fsp3) is 0.694. The molecule has 12 nitrogen and oxygen atoms in total. The summed E-state index contributed by atoms with van der Waals surface area (Å²) in [6.45, 7) is 3.73. The molecule has 0 aliphatic rings. The van der Waals surface area contributed by atoms with Crippen LogP contribution in [0.4, 0.5) is 5.95 Å². The highest BCUT2D eigenvalue weighted by atomic mass is 35.5. The van der Waals surface area contributed by atoms with E-state index in [2.05, 4.69) is 21.9 Å². The van der Waals surface area contributed by atoms with Crippen LogP contribution in [0.25, 0.3) is 11.2 Å². The zero-order chi connectivity index (χ0) is 35.9. The number of imidazole rings is 1. The van der Waals surface area contributed by atoms with Crippen LogP contribution in [0, 0.1) is 0 Å². The van der Waals surface area contributed by atoms with E-state index in [9.17, 15) is 9.36 Å². The van der Waals surface area contributed by atoms with Crippen molar-refractivity contribution < 1.29 is 27.8 Å². The smallest absolute Gasteiger partial charge is 0.356 e. The molecule has 0 bridgehead atoms. The Hall–Kier alpha value is -2.47. The van der Waals surface area contributed by atoms with Crippen molar-refractivity contribution in [3.05, 3.63) is 45.5 Å². The molecule has 2 aromatic heterocycles. The summed E-state index contributed by atoms with van der Waals surface area (Å²) in [6.07, 6.45) is 22.4. The summed E-state index contributed by atoms with van der Waals surface area (Å²) in [7, 11) is -2.14. The summed E-state index contributed by atoms with van der Waals surface area (Å²) in [5.41, 5.74) is 6.48. The van der Waals surface area contributed by atoms with Crippen LogP contribution >= 0.6 is 19.2 Å². The summed E-state index contributed by atoms with van der Waals surface area (Å²) in [6, 6.07) is 5.19. The number of rotatable bonds is 30. The van der Waals surface area contributed by atoms with E-state index in [0.717, 1.165) is 12.8 Å². The van der Waals surface area contributed by atoms with E-state index < -0.39 is 13.2 Å². The normalized spacial score (nSPS) is 12.9. The molecule has 3 aromatic rings. The number of ether oxygens (including phenoxy) is 3. The standard InChI is InChI=1S/C36H59ClN5O7P/c1-3-4-5-6-7-8-9-10-11-12-13-14-15-16-17-18-22-46-24-25-48-50(44,49-27-30-19-20-32(45-2)31(37)26-30)29-47-23-21-42-28-39-33-34(42)40-36(38)41-35(33)43/h19-20,26,28H,3-18,21-25,27,29H2,1-2H3,(H3,38,40,41,43). The van der Waals surface area contributed by atoms with Gasteiger partial charge >= 0.3 is 7.60 Å². The van der Waals surface area contributed by atoms with Crippen LogP contribution < -0.4 is 16.0 Å². The predicted molar refractivity (Wildman–Crippen MR) is 200 cm³/mol. The molecule has 3 N–H and O–H groups in total. The highest BCUT2D eigenvalue weighted by Gasteiger charge is 2.26. The molecule has 3 rings (SSSR count). The summed E-state index contributed by atoms with van der Waals surface area (Å²) < 4.78 is 43.5. The number of hydrogen-bond donors (Lipinski definition) is 2. The second-order valence-electron chi connectivity index (χ2n) is 12.7. The lowest BCUT2D eigenvalue weighted by Gasteiger charge is -2.19. The van der Waals surface area contributed by atoms with E-state index in [0.29, 0.717) is 41.7 Å². The molecule has 0 spiro atoms. The molecule has 0 amide bonds. The first-order chi connectivity index (χ1) is 24.3. The monoisotopic (exact) mass is 739 g/mol. The number of benzene rings is 1. The van der Waals surface area contributed by atoms with Gasteiger partial charge in [-0.25, -0.2) is 4.98 Å². The van der Waals surface area contributed by atoms with Gasteiger partial charge in [0.1, 0.15) is 12.1 Å². The molecule has 0 saturated heterocycles. The maximum Gasteiger partial charge on any atom is 0.356 e. The Morgan fingerprint density at radius 2 is 1.48 bits per heavy atom. The number of aromatic amines is 1. The molecule has 50 heavy (non-hydrogen) atoms. The van der Waals surface area contributed by atoms with Crippen LogP contribution in [-0.4, -0.2) is 59.4 Å². The minimum absolute atomic E-state index is 0.00251. The molecule has 0 aliphatic carbocycles. The molecule has 14 heteroatoms. The lowest BCUT2D eigenvalue weighted by atomic mass is 10.0. The fourth-order valence-electron chi connectivity index (χ4n) is 5.65. The molecule has 0 radical (unpaired) electrons. The van der Waals surface area contributed by atoms with E-state index in [1.165, 1.54) is 103 Å². The number of nitrogens with zero attached hydrogens (tertiary/aromatic N) is 3. The maximum atomic E-state index is 13.7. The first-order valence-electron chi connectivity index (χ1n) is 18.4. The van der Waals surface area contributed by atoms with Crippen LogP contribution in [-0.2, 0) is 36.2 Å². The van der Waals surface area contributed by atoms with Gasteiger partial charge in [-0.2, -0.15) is 4.98 Å². The predicted octanol–water partition coefficient (Wildman–Crippen LogP) is 9.04. The molecule has 1 atom stereocenters. The Morgan fingerprint density at radius 3 is 2.10 bits per heavy atom. The Balaban J connectivity index is 1.30. The van der Waals surface area contributed by atoms with Crippen molar-refractivity contribution in [3.8, 4) is 5.75 Å². The minimum atomic E-state index is -3.67. The van der Waals surface area contributed by atoms with Crippen LogP contribution in [0.3, 0.4) is 0 Å². The van der Waals surface area contributed by atoms with Crippen molar-refractivity contribution in [2.45, 2.75) is 123 Å². The third-order valence-corrected chi connectivity index (χ3v) is 10.4. The summed E-state index contributed by atoms with van der Waals surface area (Å²) in [5.74, 6) is 0.525. The summed E-state index contributed by atoms with van der Waals surface area (Å²) >= 11 is 6.25. The van der Waals surface area contributed by atoms with Crippen molar-refractivity contribution >= 4 is 36.3 Å². The first kappa shape index (κ1) is 41.9. The van der Waals surface area contributed by atoms with Crippen LogP contribution in [0.2, 0.25) is 5.02 Å². The number of nitrogens with two attached hydrogens (primary N) is 1. The molecule has 1 aromatic carbocycles. The summed E-state index contributed by atoms with van der Waals surface area (Å²) in [4.78, 5) is 22.7. The number of H-pyrrole nitrogens is 1. The van der Waals surface area contributed by atoms with Crippen LogP contribution in [0.15, 0.2) is 29.3 Å². The Kier molecular flexibility index (Phi) is 20.7. The van der Waals surface area contributed by atoms with Gasteiger partial charge in [-0.15, -0.1) is 0 Å². The van der Waals surface area contributed by atoms with Gasteiger partial charge in [0.2, 0.25) is 5.95 Å². The van der Waals surface area contributed by atoms with Crippen LogP contribution in [0.5, 0.6) is 5.75 Å². The van der Waals surface area contributed by atoms with Crippen molar-refractivity contribution in [2.75, 3.05) is 45.6 Å². The van der Waals surface area contributed by atoms with Gasteiger partial charge in [-0.05, 0) is 24.1 Å². The van der Waals surface area contributed by atoms with Crippen molar-refractivity contribution in [1.82, 2.24) is 19.5 Å². The van der Waals surface area contributed by atoms with Gasteiger partial charge in [0, 0.05) is 13.2 Å². The second-order valence-corrected chi connectivity index (χ2v) is 15.1. The van der Waals surface area contributed by atoms with Gasteiger partial charge in [0.25, 0.3) is 5.56 Å². The van der Waals surface area contributed by atoms with Crippen molar-refractivity contribution in [3.63, 3.8) is 0 Å². The number of unbranched alkanes of at least 4 members (excludes halogenated alkanes) is 15. The van der Waals surface area contributed by atoms with E-state index >= 15 is 0 Å². The maximum absolute atomic E-state index is 13.7. The second kappa shape index (κ2) is 24.7. The molecular weight excluding hydrogens is 681 g/mol. The Labute approximate surface area is 302 Å². The number of aromatic nitrogens is 4. The molecular formula is C36H59ClN5O7P. The molecule has 0 fully saturated rings. The van der Waals surface area contributed by atoms with E-state index in [-0.39, 0.29) is 37.6 Å². The van der Waals surface area contributed by atoms with Crippen LogP contribution in [0.1, 0.15) is 115 Å². The minimum Gasteiger partial charge on any atom is -0.495 e. The Bertz CT molecular complexity index is 1470. The number of nitrogen functional groups attached to an aromatic ring is 1. The number of nitrogens with one attached hydrogen (secondary N) is 1. The topological polar surface area (TPSA) is 153 Å². The highest BCUT2D eigenvalue weighted by Crippen LogP contribution is 2.49. The van der Waals surface area contributed by atoms with E-state index in [1.807, 2.05) is 0 Å². The fourth-order valence-corrected chi connectivity index (χ4v) is 7.20. The van der Waals surface area contributed by atoms with Gasteiger partial charge in [-0.3, -0.25) is 14.3 Å². The lowest BCUT2D eigenvalue weighted by Crippen LogP contribution is -2.14. The zero-order valence-electron chi connectivity index (χ0n) is 30.2. The van der Waals surface area contributed by atoms with Gasteiger partial charge < -0.3 is 33.6 Å². The highest BCUT2D eigenvalue weighted by molar-refractivity contribution is 7.53. The third-order valence-electron chi connectivity index (χ3n) is 8.52. The van der Waals surface area contributed by atoms with Gasteiger partial charge in [0.15, 0.2) is 11.2 Å². The zero-order valence-corrected chi connectivity index (χ0v) is 31.8. The number of anilines is 1. The van der Waals surface area contributed by atoms with E-state index in [1.54, 1.807) is 22.8 Å². The number of methoxy groups -OCH3 is 1. The largest absolute Gasteiger partial charge is 0.495 e. The number of hydrogen-bond acceptors (Lipinski definition) is 10. The molecule has 2 heterocycles. The third kappa shape index (κ3) is 16.3. The van der Waals surface area contributed by atoms with Crippen molar-refractivity contribution in [2.24, 2.45) is 0 Å². The average Bonchev–Trinajstić information content (AvgIpc) is 3.51. The van der Waals surface area contributed by atoms with Gasteiger partial charge in [-0.1, -0.05) is 121 Å². The molecule has 282 valence electrons. The Morgan fingerprint density at radius 1 is 0.840 bits per heavy atom. The number of halogens is 1. The summed E-state index contributed by atoms with van der Waals surface area (Å²) in [5, 5.41) is 0.420. The van der Waals surface area contributed by atoms with E-state index in [4.69, 9.17) is 40.6 Å². The number of fused-ring (bicyclic) bond motifs is 1. The average molecular weight is 740 g/mol. The lowest BCUT2D eigenvalue weighted by molar-refractivity contribution is 0.0756. The SMILES string of the molecule is CCCCCCCCCCCCCCCCCCOCCOP(=O)(COCCn1cnc2c(=O)[nH]c(N)nc21)OCc1ccc(OC)c(Cl)c1. The molecule has 0 saturated carbocycles. The molecule has 0 aliphatic heterocycles. The first-order valence-corrected chi connectivity index (χ1v) is 20.5. The molecule has 1 unspecified atom stereocenters. The quantitative estimate of drug-likeness (QED) is 0.0500.